The van der Waals surface area contributed by atoms with E-state index in [-0.39, 0.29) is 6.61 Å². The number of aryl methyl sites for hydroxylation is 2. The molecule has 0 saturated heterocycles. The second-order valence-electron chi connectivity index (χ2n) is 8.26. The van der Waals surface area contributed by atoms with Crippen LogP contribution >= 0.6 is 11.6 Å². The molecule has 1 atom stereocenters. The van der Waals surface area contributed by atoms with Gasteiger partial charge in [0, 0.05) is 25.4 Å². The van der Waals surface area contributed by atoms with Crippen molar-refractivity contribution in [2.24, 2.45) is 18.4 Å². The fourth-order valence-electron chi connectivity index (χ4n) is 3.05. The van der Waals surface area contributed by atoms with Gasteiger partial charge in [-0.15, -0.1) is 0 Å². The maximum atomic E-state index is 12.0. The number of amides is 1. The zero-order chi connectivity index (χ0) is 19.4. The van der Waals surface area contributed by atoms with Gasteiger partial charge in [-0.05, 0) is 40.0 Å². The van der Waals surface area contributed by atoms with E-state index in [0.717, 1.165) is 17.8 Å². The topological polar surface area (TPSA) is 76.4 Å². The van der Waals surface area contributed by atoms with E-state index < -0.39 is 17.1 Å². The summed E-state index contributed by atoms with van der Waals surface area (Å²) in [5.74, 6) is 0.348. The van der Waals surface area contributed by atoms with E-state index in [4.69, 9.17) is 16.3 Å². The molecule has 1 unspecified atom stereocenters. The summed E-state index contributed by atoms with van der Waals surface area (Å²) in [4.78, 5) is 12.0. The summed E-state index contributed by atoms with van der Waals surface area (Å²) in [7, 11) is 1.84. The number of aliphatic hydroxyl groups excluding tert-OH is 1. The number of halogens is 1. The minimum atomic E-state index is -0.563. The molecule has 144 valence electrons. The van der Waals surface area contributed by atoms with Crippen LogP contribution in [0.1, 0.15) is 52.4 Å². The third kappa shape index (κ3) is 6.51. The Labute approximate surface area is 155 Å². The van der Waals surface area contributed by atoms with Gasteiger partial charge < -0.3 is 15.2 Å². The predicted molar refractivity (Wildman–Crippen MR) is 99.9 cm³/mol. The van der Waals surface area contributed by atoms with Gasteiger partial charge in [-0.3, -0.25) is 4.68 Å². The van der Waals surface area contributed by atoms with Crippen LogP contribution in [0.4, 0.5) is 4.79 Å². The van der Waals surface area contributed by atoms with Crippen molar-refractivity contribution in [3.63, 3.8) is 0 Å². The first kappa shape index (κ1) is 21.8. The summed E-state index contributed by atoms with van der Waals surface area (Å²) in [6.07, 6.45) is 0.773. The molecule has 0 aliphatic heterocycles. The molecule has 2 N–H and O–H groups in total. The van der Waals surface area contributed by atoms with Crippen molar-refractivity contribution in [3.05, 3.63) is 16.4 Å². The number of rotatable bonds is 7. The van der Waals surface area contributed by atoms with Crippen molar-refractivity contribution < 1.29 is 14.6 Å². The number of ether oxygens (including phenoxy) is 1. The molecule has 25 heavy (non-hydrogen) atoms. The van der Waals surface area contributed by atoms with Gasteiger partial charge in [-0.25, -0.2) is 4.79 Å². The van der Waals surface area contributed by atoms with Crippen LogP contribution in [0.2, 0.25) is 5.02 Å². The average molecular weight is 374 g/mol. The predicted octanol–water partition coefficient (Wildman–Crippen LogP) is 3.47. The summed E-state index contributed by atoms with van der Waals surface area (Å²) < 4.78 is 7.05. The van der Waals surface area contributed by atoms with Crippen LogP contribution in [-0.4, -0.2) is 39.7 Å². The number of carbonyl (C=O) groups excluding carboxylic acids is 1. The van der Waals surface area contributed by atoms with Gasteiger partial charge in [0.1, 0.15) is 5.60 Å². The normalized spacial score (nSPS) is 14.5. The molecule has 1 aromatic rings. The SMILES string of the molecule is Cc1nn(C)c(CC(CO)(CNC(=O)OC(C)(C)C)CC(C)C)c1Cl. The molecule has 1 amide bonds. The van der Waals surface area contributed by atoms with Crippen molar-refractivity contribution in [2.45, 2.75) is 60.0 Å². The van der Waals surface area contributed by atoms with Crippen molar-refractivity contribution in [1.82, 2.24) is 15.1 Å². The van der Waals surface area contributed by atoms with Gasteiger partial charge in [-0.2, -0.15) is 5.10 Å². The van der Waals surface area contributed by atoms with E-state index in [0.29, 0.717) is 23.9 Å². The van der Waals surface area contributed by atoms with E-state index in [9.17, 15) is 9.90 Å². The molecule has 0 aliphatic rings. The summed E-state index contributed by atoms with van der Waals surface area (Å²) in [6, 6.07) is 0. The second kappa shape index (κ2) is 8.41. The number of alkyl carbamates (subject to hydrolysis) is 1. The van der Waals surface area contributed by atoms with Crippen molar-refractivity contribution in [2.75, 3.05) is 13.2 Å². The lowest BCUT2D eigenvalue weighted by Gasteiger charge is -2.34. The Morgan fingerprint density at radius 3 is 2.40 bits per heavy atom. The molecular formula is C18H32ClN3O3. The van der Waals surface area contributed by atoms with Gasteiger partial charge in [0.2, 0.25) is 0 Å². The van der Waals surface area contributed by atoms with E-state index in [1.807, 2.05) is 34.7 Å². The highest BCUT2D eigenvalue weighted by molar-refractivity contribution is 6.31. The molecule has 1 heterocycles. The van der Waals surface area contributed by atoms with Crippen LogP contribution in [0, 0.1) is 18.3 Å². The van der Waals surface area contributed by atoms with Crippen LogP contribution in [0.3, 0.4) is 0 Å². The molecule has 7 heteroatoms. The van der Waals surface area contributed by atoms with Crippen LogP contribution in [0.25, 0.3) is 0 Å². The number of nitrogens with zero attached hydrogens (tertiary/aromatic N) is 2. The molecule has 0 aromatic carbocycles. The fraction of sp³-hybridized carbons (Fsp3) is 0.778. The number of carbonyl (C=O) groups is 1. The van der Waals surface area contributed by atoms with Crippen molar-refractivity contribution in [3.8, 4) is 0 Å². The standard InChI is InChI=1S/C18H32ClN3O3/c1-12(2)8-18(11-23,10-20-16(24)25-17(4,5)6)9-14-15(19)13(3)21-22(14)7/h12,23H,8-11H2,1-7H3,(H,20,24). The molecular weight excluding hydrogens is 342 g/mol. The summed E-state index contributed by atoms with van der Waals surface area (Å²) in [6.45, 7) is 11.7. The Balaban J connectivity index is 2.99. The van der Waals surface area contributed by atoms with Crippen LogP contribution < -0.4 is 5.32 Å². The molecule has 0 saturated carbocycles. The summed E-state index contributed by atoms with van der Waals surface area (Å²) in [5.41, 5.74) is 0.525. The van der Waals surface area contributed by atoms with Gasteiger partial charge >= 0.3 is 6.09 Å². The number of aliphatic hydroxyl groups is 1. The Bertz CT molecular complexity index is 593. The first-order valence-electron chi connectivity index (χ1n) is 8.65. The quantitative estimate of drug-likeness (QED) is 0.767. The Hall–Kier alpha value is -1.27. The monoisotopic (exact) mass is 373 g/mol. The lowest BCUT2D eigenvalue weighted by Crippen LogP contribution is -2.44. The lowest BCUT2D eigenvalue weighted by molar-refractivity contribution is 0.0438. The lowest BCUT2D eigenvalue weighted by atomic mass is 9.77. The average Bonchev–Trinajstić information content (AvgIpc) is 2.69. The van der Waals surface area contributed by atoms with Crippen LogP contribution in [-0.2, 0) is 18.2 Å². The van der Waals surface area contributed by atoms with Crippen molar-refractivity contribution in [1.29, 1.82) is 0 Å². The number of nitrogens with one attached hydrogen (secondary N) is 1. The van der Waals surface area contributed by atoms with E-state index in [1.165, 1.54) is 0 Å². The number of aromatic nitrogens is 2. The van der Waals surface area contributed by atoms with Crippen LogP contribution in [0.5, 0.6) is 0 Å². The van der Waals surface area contributed by atoms with E-state index >= 15 is 0 Å². The Kier molecular flexibility index (Phi) is 7.32. The number of hydrogen-bond acceptors (Lipinski definition) is 4. The Morgan fingerprint density at radius 2 is 2.00 bits per heavy atom. The smallest absolute Gasteiger partial charge is 0.407 e. The first-order valence-corrected chi connectivity index (χ1v) is 9.02. The van der Waals surface area contributed by atoms with Gasteiger partial charge in [0.15, 0.2) is 0 Å². The number of hydrogen-bond donors (Lipinski definition) is 2. The minimum absolute atomic E-state index is 0.0679. The summed E-state index contributed by atoms with van der Waals surface area (Å²) >= 11 is 6.39. The second-order valence-corrected chi connectivity index (χ2v) is 8.64. The highest BCUT2D eigenvalue weighted by Crippen LogP contribution is 2.33. The van der Waals surface area contributed by atoms with Gasteiger partial charge in [0.25, 0.3) is 0 Å². The third-order valence-corrected chi connectivity index (χ3v) is 4.48. The zero-order valence-corrected chi connectivity index (χ0v) is 17.2. The highest BCUT2D eigenvalue weighted by atomic mass is 35.5. The molecule has 0 radical (unpaired) electrons. The minimum Gasteiger partial charge on any atom is -0.444 e. The molecule has 0 fully saturated rings. The first-order chi connectivity index (χ1) is 11.4. The van der Waals surface area contributed by atoms with Gasteiger partial charge in [-0.1, -0.05) is 25.4 Å². The highest BCUT2D eigenvalue weighted by Gasteiger charge is 2.34. The summed E-state index contributed by atoms with van der Waals surface area (Å²) in [5, 5.41) is 17.9. The van der Waals surface area contributed by atoms with Gasteiger partial charge in [0.05, 0.1) is 23.0 Å². The maximum Gasteiger partial charge on any atom is 0.407 e. The van der Waals surface area contributed by atoms with Crippen LogP contribution in [0.15, 0.2) is 0 Å². The van der Waals surface area contributed by atoms with Crippen molar-refractivity contribution >= 4 is 17.7 Å². The van der Waals surface area contributed by atoms with E-state index in [2.05, 4.69) is 24.3 Å². The largest absolute Gasteiger partial charge is 0.444 e. The van der Waals surface area contributed by atoms with E-state index in [1.54, 1.807) is 4.68 Å². The maximum absolute atomic E-state index is 12.0. The molecule has 0 bridgehead atoms. The third-order valence-electron chi connectivity index (χ3n) is 3.99. The molecule has 1 rings (SSSR count). The molecule has 0 spiro atoms. The molecule has 1 aromatic heterocycles. The Morgan fingerprint density at radius 1 is 1.40 bits per heavy atom. The molecule has 6 nitrogen and oxygen atoms in total. The molecule has 0 aliphatic carbocycles. The fourth-order valence-corrected chi connectivity index (χ4v) is 3.28. The zero-order valence-electron chi connectivity index (χ0n) is 16.4.